The zero-order valence-corrected chi connectivity index (χ0v) is 9.86. The van der Waals surface area contributed by atoms with E-state index in [1.165, 1.54) is 7.05 Å². The van der Waals surface area contributed by atoms with Crippen molar-refractivity contribution >= 4 is 17.7 Å². The SMILES string of the molecule is CNC(=O)O[C@H](C)[C@H](O)c1ccccc1Cl. The maximum absolute atomic E-state index is 11.0. The fourth-order valence-electron chi connectivity index (χ4n) is 1.26. The summed E-state index contributed by atoms with van der Waals surface area (Å²) in [7, 11) is 1.46. The number of alkyl carbamates (subject to hydrolysis) is 1. The molecule has 4 nitrogen and oxygen atoms in total. The molecule has 0 aliphatic rings. The van der Waals surface area contributed by atoms with Gasteiger partial charge >= 0.3 is 6.09 Å². The standard InChI is InChI=1S/C11H14ClNO3/c1-7(16-11(15)13-2)10(14)8-5-3-4-6-9(8)12/h3-7,10,14H,1-2H3,(H,13,15)/t7-,10+/m1/s1. The Hall–Kier alpha value is -1.26. The molecule has 16 heavy (non-hydrogen) atoms. The summed E-state index contributed by atoms with van der Waals surface area (Å²) in [6.45, 7) is 1.60. The number of carbonyl (C=O) groups excluding carboxylic acids is 1. The van der Waals surface area contributed by atoms with Gasteiger partial charge in [-0.3, -0.25) is 0 Å². The Bertz CT molecular complexity index is 370. The van der Waals surface area contributed by atoms with E-state index in [1.54, 1.807) is 31.2 Å². The Labute approximate surface area is 99.2 Å². The Morgan fingerprint density at radius 3 is 2.69 bits per heavy atom. The summed E-state index contributed by atoms with van der Waals surface area (Å²) < 4.78 is 4.91. The topological polar surface area (TPSA) is 58.6 Å². The molecule has 1 rings (SSSR count). The number of amides is 1. The third kappa shape index (κ3) is 3.12. The monoisotopic (exact) mass is 243 g/mol. The van der Waals surface area contributed by atoms with Crippen LogP contribution in [0, 0.1) is 0 Å². The van der Waals surface area contributed by atoms with Crippen LogP contribution >= 0.6 is 11.6 Å². The van der Waals surface area contributed by atoms with Crippen LogP contribution in [0.2, 0.25) is 5.02 Å². The van der Waals surface area contributed by atoms with Crippen molar-refractivity contribution < 1.29 is 14.6 Å². The molecule has 0 aliphatic carbocycles. The van der Waals surface area contributed by atoms with Crippen molar-refractivity contribution in [2.75, 3.05) is 7.05 Å². The van der Waals surface area contributed by atoms with Crippen molar-refractivity contribution in [2.45, 2.75) is 19.1 Å². The number of hydrogen-bond donors (Lipinski definition) is 2. The van der Waals surface area contributed by atoms with Gasteiger partial charge in [0.05, 0.1) is 0 Å². The lowest BCUT2D eigenvalue weighted by molar-refractivity contribution is 0.0127. The summed E-state index contributed by atoms with van der Waals surface area (Å²) in [5.41, 5.74) is 0.542. The van der Waals surface area contributed by atoms with Crippen molar-refractivity contribution in [2.24, 2.45) is 0 Å². The van der Waals surface area contributed by atoms with Crippen LogP contribution in [0.3, 0.4) is 0 Å². The molecule has 1 aromatic carbocycles. The molecular weight excluding hydrogens is 230 g/mol. The first-order valence-corrected chi connectivity index (χ1v) is 5.25. The summed E-state index contributed by atoms with van der Waals surface area (Å²) in [5.74, 6) is 0. The van der Waals surface area contributed by atoms with Gasteiger partial charge in [0, 0.05) is 17.6 Å². The molecule has 0 radical (unpaired) electrons. The summed E-state index contributed by atoms with van der Waals surface area (Å²) in [4.78, 5) is 11.0. The number of halogens is 1. The quantitative estimate of drug-likeness (QED) is 0.855. The number of hydrogen-bond acceptors (Lipinski definition) is 3. The first-order chi connectivity index (χ1) is 7.56. The Morgan fingerprint density at radius 1 is 1.50 bits per heavy atom. The molecule has 0 heterocycles. The lowest BCUT2D eigenvalue weighted by Gasteiger charge is -2.20. The van der Waals surface area contributed by atoms with E-state index in [9.17, 15) is 9.90 Å². The van der Waals surface area contributed by atoms with Crippen LogP contribution in [0.1, 0.15) is 18.6 Å². The van der Waals surface area contributed by atoms with E-state index < -0.39 is 18.3 Å². The van der Waals surface area contributed by atoms with Crippen molar-refractivity contribution in [3.63, 3.8) is 0 Å². The number of aliphatic hydroxyl groups is 1. The Kier molecular flexibility index (Phi) is 4.58. The van der Waals surface area contributed by atoms with Crippen molar-refractivity contribution in [1.82, 2.24) is 5.32 Å². The fourth-order valence-corrected chi connectivity index (χ4v) is 1.51. The first kappa shape index (κ1) is 12.8. The lowest BCUT2D eigenvalue weighted by atomic mass is 10.1. The van der Waals surface area contributed by atoms with Crippen LogP contribution in [0.15, 0.2) is 24.3 Å². The van der Waals surface area contributed by atoms with Gasteiger partial charge in [-0.25, -0.2) is 4.79 Å². The largest absolute Gasteiger partial charge is 0.443 e. The van der Waals surface area contributed by atoms with Gasteiger partial charge in [-0.2, -0.15) is 0 Å². The lowest BCUT2D eigenvalue weighted by Crippen LogP contribution is -2.28. The molecule has 1 amide bonds. The molecule has 0 unspecified atom stereocenters. The molecular formula is C11H14ClNO3. The number of aliphatic hydroxyl groups excluding tert-OH is 1. The third-order valence-corrected chi connectivity index (χ3v) is 2.51. The second-order valence-electron chi connectivity index (χ2n) is 3.33. The van der Waals surface area contributed by atoms with Crippen molar-refractivity contribution in [1.29, 1.82) is 0 Å². The minimum atomic E-state index is -0.939. The molecule has 0 saturated carbocycles. The van der Waals surface area contributed by atoms with E-state index >= 15 is 0 Å². The summed E-state index contributed by atoms with van der Waals surface area (Å²) in [6, 6.07) is 6.89. The highest BCUT2D eigenvalue weighted by Gasteiger charge is 2.21. The minimum Gasteiger partial charge on any atom is -0.443 e. The van der Waals surface area contributed by atoms with E-state index in [-0.39, 0.29) is 0 Å². The number of benzene rings is 1. The molecule has 1 aromatic rings. The summed E-state index contributed by atoms with van der Waals surface area (Å²) in [5, 5.41) is 12.7. The van der Waals surface area contributed by atoms with Gasteiger partial charge in [0.15, 0.2) is 0 Å². The predicted octanol–water partition coefficient (Wildman–Crippen LogP) is 2.12. The molecule has 5 heteroatoms. The van der Waals surface area contributed by atoms with E-state index in [4.69, 9.17) is 16.3 Å². The Morgan fingerprint density at radius 2 is 2.12 bits per heavy atom. The second kappa shape index (κ2) is 5.72. The number of rotatable bonds is 3. The average Bonchev–Trinajstić information content (AvgIpc) is 2.28. The van der Waals surface area contributed by atoms with Crippen LogP contribution in [-0.4, -0.2) is 24.4 Å². The van der Waals surface area contributed by atoms with Gasteiger partial charge in [-0.15, -0.1) is 0 Å². The molecule has 2 N–H and O–H groups in total. The van der Waals surface area contributed by atoms with E-state index in [0.717, 1.165) is 0 Å². The van der Waals surface area contributed by atoms with Crippen LogP contribution in [-0.2, 0) is 4.74 Å². The maximum atomic E-state index is 11.0. The molecule has 2 atom stereocenters. The number of carbonyl (C=O) groups is 1. The van der Waals surface area contributed by atoms with Crippen LogP contribution in [0.25, 0.3) is 0 Å². The van der Waals surface area contributed by atoms with Crippen LogP contribution < -0.4 is 5.32 Å². The van der Waals surface area contributed by atoms with Gasteiger partial charge < -0.3 is 15.2 Å². The second-order valence-corrected chi connectivity index (χ2v) is 3.73. The highest BCUT2D eigenvalue weighted by atomic mass is 35.5. The molecule has 0 aromatic heterocycles. The van der Waals surface area contributed by atoms with Gasteiger partial charge in [0.1, 0.15) is 12.2 Å². The number of nitrogens with one attached hydrogen (secondary N) is 1. The normalized spacial score (nSPS) is 14.0. The number of ether oxygens (including phenoxy) is 1. The Balaban J connectivity index is 2.74. The zero-order chi connectivity index (χ0) is 12.1. The third-order valence-electron chi connectivity index (χ3n) is 2.17. The minimum absolute atomic E-state index is 0.447. The highest BCUT2D eigenvalue weighted by molar-refractivity contribution is 6.31. The molecule has 0 bridgehead atoms. The molecule has 88 valence electrons. The smallest absolute Gasteiger partial charge is 0.407 e. The summed E-state index contributed by atoms with van der Waals surface area (Å²) in [6.07, 6.45) is -2.19. The molecule has 0 fully saturated rings. The van der Waals surface area contributed by atoms with E-state index in [2.05, 4.69) is 5.32 Å². The fraction of sp³-hybridized carbons (Fsp3) is 0.364. The molecule has 0 saturated heterocycles. The van der Waals surface area contributed by atoms with Crippen molar-refractivity contribution in [3.05, 3.63) is 34.9 Å². The molecule has 0 spiro atoms. The average molecular weight is 244 g/mol. The van der Waals surface area contributed by atoms with Gasteiger partial charge in [0.2, 0.25) is 0 Å². The molecule has 0 aliphatic heterocycles. The zero-order valence-electron chi connectivity index (χ0n) is 9.11. The highest BCUT2D eigenvalue weighted by Crippen LogP contribution is 2.26. The van der Waals surface area contributed by atoms with Crippen LogP contribution in [0.5, 0.6) is 0 Å². The summed E-state index contributed by atoms with van der Waals surface area (Å²) >= 11 is 5.92. The van der Waals surface area contributed by atoms with E-state index in [0.29, 0.717) is 10.6 Å². The van der Waals surface area contributed by atoms with Crippen molar-refractivity contribution in [3.8, 4) is 0 Å². The first-order valence-electron chi connectivity index (χ1n) is 4.87. The van der Waals surface area contributed by atoms with Gasteiger partial charge in [-0.05, 0) is 13.0 Å². The van der Waals surface area contributed by atoms with Crippen LogP contribution in [0.4, 0.5) is 4.79 Å². The van der Waals surface area contributed by atoms with Gasteiger partial charge in [-0.1, -0.05) is 29.8 Å². The maximum Gasteiger partial charge on any atom is 0.407 e. The predicted molar refractivity (Wildman–Crippen MR) is 61.4 cm³/mol. The van der Waals surface area contributed by atoms with E-state index in [1.807, 2.05) is 0 Å². The van der Waals surface area contributed by atoms with Gasteiger partial charge in [0.25, 0.3) is 0 Å².